The van der Waals surface area contributed by atoms with Gasteiger partial charge in [0, 0.05) is 32.3 Å². The standard InChI is InChI=1S/C17H23FN2O2/c18-14-3-1-13(2-4-14)17(7-11-22-12-8-17)16(21)20-9-5-15(19)6-10-20/h1-4,15H,5-12,19H2. The summed E-state index contributed by atoms with van der Waals surface area (Å²) in [6.07, 6.45) is 3.00. The number of piperidine rings is 1. The quantitative estimate of drug-likeness (QED) is 0.907. The van der Waals surface area contributed by atoms with Gasteiger partial charge in [0.2, 0.25) is 5.91 Å². The highest BCUT2D eigenvalue weighted by molar-refractivity contribution is 5.88. The highest BCUT2D eigenvalue weighted by Gasteiger charge is 2.44. The summed E-state index contributed by atoms with van der Waals surface area (Å²) in [5.41, 5.74) is 6.26. The van der Waals surface area contributed by atoms with Crippen molar-refractivity contribution < 1.29 is 13.9 Å². The summed E-state index contributed by atoms with van der Waals surface area (Å²) < 4.78 is 18.7. The molecule has 1 aromatic rings. The molecule has 3 rings (SSSR count). The van der Waals surface area contributed by atoms with Gasteiger partial charge in [-0.15, -0.1) is 0 Å². The van der Waals surface area contributed by atoms with E-state index < -0.39 is 5.41 Å². The lowest BCUT2D eigenvalue weighted by atomic mass is 9.72. The molecule has 2 aliphatic rings. The Morgan fingerprint density at radius 2 is 1.77 bits per heavy atom. The van der Waals surface area contributed by atoms with Crippen LogP contribution in [0.25, 0.3) is 0 Å². The van der Waals surface area contributed by atoms with Gasteiger partial charge in [0.05, 0.1) is 5.41 Å². The second-order valence-electron chi connectivity index (χ2n) is 6.33. The lowest BCUT2D eigenvalue weighted by molar-refractivity contribution is -0.142. The van der Waals surface area contributed by atoms with Gasteiger partial charge < -0.3 is 15.4 Å². The van der Waals surface area contributed by atoms with Crippen LogP contribution < -0.4 is 5.73 Å². The van der Waals surface area contributed by atoms with Crippen LogP contribution in [0.3, 0.4) is 0 Å². The molecule has 4 nitrogen and oxygen atoms in total. The van der Waals surface area contributed by atoms with Crippen LogP contribution in [0.5, 0.6) is 0 Å². The molecule has 0 spiro atoms. The number of hydrogen-bond donors (Lipinski definition) is 1. The minimum atomic E-state index is -0.576. The van der Waals surface area contributed by atoms with E-state index in [1.165, 1.54) is 12.1 Å². The first-order valence-corrected chi connectivity index (χ1v) is 8.00. The summed E-state index contributed by atoms with van der Waals surface area (Å²) in [7, 11) is 0. The molecule has 22 heavy (non-hydrogen) atoms. The van der Waals surface area contributed by atoms with Crippen LogP contribution in [-0.4, -0.2) is 43.2 Å². The zero-order valence-electron chi connectivity index (χ0n) is 12.8. The molecule has 0 unspecified atom stereocenters. The predicted molar refractivity (Wildman–Crippen MR) is 81.9 cm³/mol. The van der Waals surface area contributed by atoms with E-state index in [9.17, 15) is 9.18 Å². The normalized spacial score (nSPS) is 22.5. The minimum Gasteiger partial charge on any atom is -0.381 e. The van der Waals surface area contributed by atoms with Crippen molar-refractivity contribution in [2.45, 2.75) is 37.1 Å². The van der Waals surface area contributed by atoms with Crippen LogP contribution in [-0.2, 0) is 14.9 Å². The lowest BCUT2D eigenvalue weighted by Gasteiger charge is -2.42. The van der Waals surface area contributed by atoms with E-state index in [0.717, 1.165) is 18.4 Å². The van der Waals surface area contributed by atoms with Gasteiger partial charge in [-0.2, -0.15) is 0 Å². The molecule has 0 radical (unpaired) electrons. The van der Waals surface area contributed by atoms with Gasteiger partial charge in [0.1, 0.15) is 5.82 Å². The van der Waals surface area contributed by atoms with Crippen molar-refractivity contribution in [2.24, 2.45) is 5.73 Å². The van der Waals surface area contributed by atoms with E-state index in [4.69, 9.17) is 10.5 Å². The second-order valence-corrected chi connectivity index (χ2v) is 6.33. The fraction of sp³-hybridized carbons (Fsp3) is 0.588. The van der Waals surface area contributed by atoms with Gasteiger partial charge in [0.15, 0.2) is 0 Å². The Hall–Kier alpha value is -1.46. The van der Waals surface area contributed by atoms with Crippen molar-refractivity contribution in [1.82, 2.24) is 4.90 Å². The average molecular weight is 306 g/mol. The summed E-state index contributed by atoms with van der Waals surface area (Å²) in [5.74, 6) is -0.128. The van der Waals surface area contributed by atoms with Crippen LogP contribution >= 0.6 is 0 Å². The van der Waals surface area contributed by atoms with Crippen LogP contribution in [0.2, 0.25) is 0 Å². The molecule has 120 valence electrons. The maximum absolute atomic E-state index is 13.2. The topological polar surface area (TPSA) is 55.6 Å². The Bertz CT molecular complexity index is 518. The third-order valence-corrected chi connectivity index (χ3v) is 4.98. The molecular weight excluding hydrogens is 283 g/mol. The van der Waals surface area contributed by atoms with Crippen LogP contribution in [0.4, 0.5) is 4.39 Å². The van der Waals surface area contributed by atoms with E-state index >= 15 is 0 Å². The maximum atomic E-state index is 13.2. The average Bonchev–Trinajstić information content (AvgIpc) is 2.56. The van der Waals surface area contributed by atoms with E-state index in [0.29, 0.717) is 39.1 Å². The molecule has 2 heterocycles. The number of nitrogens with zero attached hydrogens (tertiary/aromatic N) is 1. The second kappa shape index (κ2) is 6.34. The fourth-order valence-electron chi connectivity index (χ4n) is 3.52. The van der Waals surface area contributed by atoms with Gasteiger partial charge in [0.25, 0.3) is 0 Å². The molecule has 0 bridgehead atoms. The number of rotatable bonds is 2. The number of amides is 1. The zero-order chi connectivity index (χ0) is 15.6. The van der Waals surface area contributed by atoms with E-state index in [2.05, 4.69) is 0 Å². The molecular formula is C17H23FN2O2. The molecule has 1 aromatic carbocycles. The first-order valence-electron chi connectivity index (χ1n) is 8.00. The first-order chi connectivity index (χ1) is 10.6. The third kappa shape index (κ3) is 2.88. The number of hydrogen-bond acceptors (Lipinski definition) is 3. The molecule has 0 aliphatic carbocycles. The molecule has 0 saturated carbocycles. The maximum Gasteiger partial charge on any atom is 0.233 e. The largest absolute Gasteiger partial charge is 0.381 e. The number of nitrogens with two attached hydrogens (primary N) is 1. The highest BCUT2D eigenvalue weighted by Crippen LogP contribution is 2.37. The predicted octanol–water partition coefficient (Wildman–Crippen LogP) is 1.82. The number of halogens is 1. The van der Waals surface area contributed by atoms with Crippen LogP contribution in [0.1, 0.15) is 31.2 Å². The summed E-state index contributed by atoms with van der Waals surface area (Å²) in [4.78, 5) is 15.1. The zero-order valence-corrected chi connectivity index (χ0v) is 12.8. The molecule has 0 atom stereocenters. The first kappa shape index (κ1) is 15.4. The molecule has 2 N–H and O–H groups in total. The molecule has 2 fully saturated rings. The Morgan fingerprint density at radius 1 is 1.18 bits per heavy atom. The van der Waals surface area contributed by atoms with E-state index in [-0.39, 0.29) is 17.8 Å². The molecule has 2 saturated heterocycles. The van der Waals surface area contributed by atoms with Gasteiger partial charge in [-0.1, -0.05) is 12.1 Å². The van der Waals surface area contributed by atoms with Crippen LogP contribution in [0.15, 0.2) is 24.3 Å². The Morgan fingerprint density at radius 3 is 2.36 bits per heavy atom. The Balaban J connectivity index is 1.88. The molecule has 0 aromatic heterocycles. The number of ether oxygens (including phenoxy) is 1. The summed E-state index contributed by atoms with van der Waals surface area (Å²) in [6, 6.07) is 6.56. The lowest BCUT2D eigenvalue weighted by Crippen LogP contribution is -2.53. The van der Waals surface area contributed by atoms with E-state index in [1.54, 1.807) is 12.1 Å². The van der Waals surface area contributed by atoms with Crippen molar-refractivity contribution in [3.8, 4) is 0 Å². The van der Waals surface area contributed by atoms with Crippen molar-refractivity contribution >= 4 is 5.91 Å². The number of benzene rings is 1. The van der Waals surface area contributed by atoms with Crippen molar-refractivity contribution in [1.29, 1.82) is 0 Å². The van der Waals surface area contributed by atoms with E-state index in [1.807, 2.05) is 4.90 Å². The molecule has 2 aliphatic heterocycles. The smallest absolute Gasteiger partial charge is 0.233 e. The SMILES string of the molecule is NC1CCN(C(=O)C2(c3ccc(F)cc3)CCOCC2)CC1. The summed E-state index contributed by atoms with van der Waals surface area (Å²) >= 11 is 0. The summed E-state index contributed by atoms with van der Waals surface area (Å²) in [6.45, 7) is 2.56. The number of carbonyl (C=O) groups is 1. The highest BCUT2D eigenvalue weighted by atomic mass is 19.1. The minimum absolute atomic E-state index is 0.148. The third-order valence-electron chi connectivity index (χ3n) is 4.98. The van der Waals surface area contributed by atoms with Crippen LogP contribution in [0, 0.1) is 5.82 Å². The van der Waals surface area contributed by atoms with Crippen molar-refractivity contribution in [3.63, 3.8) is 0 Å². The van der Waals surface area contributed by atoms with Gasteiger partial charge in [-0.05, 0) is 43.4 Å². The van der Waals surface area contributed by atoms with Crippen molar-refractivity contribution in [2.75, 3.05) is 26.3 Å². The van der Waals surface area contributed by atoms with Crippen molar-refractivity contribution in [3.05, 3.63) is 35.6 Å². The fourth-order valence-corrected chi connectivity index (χ4v) is 3.52. The molecule has 5 heteroatoms. The van der Waals surface area contributed by atoms with Gasteiger partial charge in [-0.3, -0.25) is 4.79 Å². The van der Waals surface area contributed by atoms with Gasteiger partial charge >= 0.3 is 0 Å². The van der Waals surface area contributed by atoms with Gasteiger partial charge in [-0.25, -0.2) is 4.39 Å². The monoisotopic (exact) mass is 306 g/mol. The molecule has 1 amide bonds. The summed E-state index contributed by atoms with van der Waals surface area (Å²) in [5, 5.41) is 0. The Kier molecular flexibility index (Phi) is 4.45. The number of carbonyl (C=O) groups excluding carboxylic acids is 1. The number of likely N-dealkylation sites (tertiary alicyclic amines) is 1. The Labute approximate surface area is 130 Å².